The number of halogens is 1. The quantitative estimate of drug-likeness (QED) is 0.814. The molecule has 3 unspecified atom stereocenters. The number of rotatable bonds is 2. The Bertz CT molecular complexity index is 352. The second kappa shape index (κ2) is 2.91. The molecule has 14 heavy (non-hydrogen) atoms. The smallest absolute Gasteiger partial charge is 0.115 e. The van der Waals surface area contributed by atoms with Gasteiger partial charge in [-0.1, -0.05) is 11.6 Å². The molecule has 2 N–H and O–H groups in total. The van der Waals surface area contributed by atoms with Crippen LogP contribution in [0.4, 0.5) is 5.69 Å². The summed E-state index contributed by atoms with van der Waals surface area (Å²) >= 11 is 6.05. The van der Waals surface area contributed by atoms with Crippen molar-refractivity contribution in [1.29, 1.82) is 0 Å². The zero-order valence-electron chi connectivity index (χ0n) is 7.82. The summed E-state index contributed by atoms with van der Waals surface area (Å²) in [6.07, 6.45) is 5.81. The van der Waals surface area contributed by atoms with Gasteiger partial charge in [-0.25, -0.2) is 0 Å². The van der Waals surface area contributed by atoms with Crippen LogP contribution in [0.5, 0.6) is 0 Å². The Hall–Kier alpha value is -0.670. The lowest BCUT2D eigenvalue weighted by molar-refractivity contribution is 0.560. The molecular formula is C10H13ClN2O. The Morgan fingerprint density at radius 3 is 3.00 bits per heavy atom. The predicted molar refractivity (Wildman–Crippen MR) is 55.6 cm³/mol. The maximum atomic E-state index is 6.05. The summed E-state index contributed by atoms with van der Waals surface area (Å²) in [7, 11) is 0. The van der Waals surface area contributed by atoms with E-state index in [0.29, 0.717) is 23.7 Å². The Morgan fingerprint density at radius 1 is 1.50 bits per heavy atom. The van der Waals surface area contributed by atoms with Gasteiger partial charge in [-0.05, 0) is 18.8 Å². The van der Waals surface area contributed by atoms with Gasteiger partial charge < -0.3 is 15.1 Å². The van der Waals surface area contributed by atoms with Crippen LogP contribution in [0.25, 0.3) is 0 Å². The molecule has 1 aliphatic carbocycles. The van der Waals surface area contributed by atoms with Crippen molar-refractivity contribution in [3.63, 3.8) is 0 Å². The topological polar surface area (TPSA) is 42.4 Å². The van der Waals surface area contributed by atoms with Gasteiger partial charge in [0.2, 0.25) is 0 Å². The van der Waals surface area contributed by atoms with Crippen LogP contribution in [0.3, 0.4) is 0 Å². The fourth-order valence-corrected chi connectivity index (χ4v) is 2.80. The molecule has 2 aliphatic rings. The van der Waals surface area contributed by atoms with Gasteiger partial charge in [-0.15, -0.1) is 0 Å². The molecule has 0 bridgehead atoms. The summed E-state index contributed by atoms with van der Waals surface area (Å²) < 4.78 is 5.10. The molecule has 1 aromatic rings. The number of nitrogens with two attached hydrogens (primary N) is 1. The van der Waals surface area contributed by atoms with E-state index in [1.54, 1.807) is 12.5 Å². The fraction of sp³-hybridized carbons (Fsp3) is 0.600. The van der Waals surface area contributed by atoms with Gasteiger partial charge in [-0.3, -0.25) is 0 Å². The van der Waals surface area contributed by atoms with Gasteiger partial charge in [-0.2, -0.15) is 0 Å². The van der Waals surface area contributed by atoms with E-state index in [4.69, 9.17) is 21.8 Å². The zero-order valence-corrected chi connectivity index (χ0v) is 8.57. The molecule has 1 saturated carbocycles. The molecular weight excluding hydrogens is 200 g/mol. The van der Waals surface area contributed by atoms with Gasteiger partial charge in [0.1, 0.15) is 17.5 Å². The first-order valence-electron chi connectivity index (χ1n) is 5.01. The molecule has 3 atom stereocenters. The highest BCUT2D eigenvalue weighted by molar-refractivity contribution is 6.33. The second-order valence-corrected chi connectivity index (χ2v) is 4.61. The summed E-state index contributed by atoms with van der Waals surface area (Å²) in [5.74, 6) is 0.842. The van der Waals surface area contributed by atoms with E-state index in [1.165, 1.54) is 12.8 Å². The Kier molecular flexibility index (Phi) is 1.79. The molecule has 1 aromatic heterocycles. The molecule has 2 heterocycles. The van der Waals surface area contributed by atoms with Crippen molar-refractivity contribution in [2.45, 2.75) is 24.9 Å². The molecule has 0 amide bonds. The fourth-order valence-electron chi connectivity index (χ4n) is 2.60. The first-order valence-corrected chi connectivity index (χ1v) is 5.39. The maximum Gasteiger partial charge on any atom is 0.115 e. The summed E-state index contributed by atoms with van der Waals surface area (Å²) in [6, 6.07) is 1.12. The van der Waals surface area contributed by atoms with E-state index in [0.717, 1.165) is 11.6 Å². The van der Waals surface area contributed by atoms with E-state index in [1.807, 2.05) is 0 Å². The minimum absolute atomic E-state index is 0.453. The predicted octanol–water partition coefficient (Wildman–Crippen LogP) is 1.86. The van der Waals surface area contributed by atoms with Crippen LogP contribution >= 0.6 is 11.6 Å². The molecule has 3 rings (SSSR count). The third-order valence-electron chi connectivity index (χ3n) is 3.36. The monoisotopic (exact) mass is 212 g/mol. The molecule has 0 spiro atoms. The van der Waals surface area contributed by atoms with Crippen molar-refractivity contribution in [2.75, 3.05) is 11.4 Å². The van der Waals surface area contributed by atoms with E-state index < -0.39 is 0 Å². The average Bonchev–Trinajstić information content (AvgIpc) is 2.65. The number of fused-ring (bicyclic) bond motifs is 1. The van der Waals surface area contributed by atoms with Crippen LogP contribution < -0.4 is 10.6 Å². The van der Waals surface area contributed by atoms with E-state index in [9.17, 15) is 0 Å². The van der Waals surface area contributed by atoms with Crippen molar-refractivity contribution in [1.82, 2.24) is 0 Å². The summed E-state index contributed by atoms with van der Waals surface area (Å²) in [5, 5.41) is 0.705. The largest absolute Gasteiger partial charge is 0.469 e. The second-order valence-electron chi connectivity index (χ2n) is 4.20. The highest BCUT2D eigenvalue weighted by atomic mass is 35.5. The molecule has 0 aromatic carbocycles. The number of furan rings is 1. The van der Waals surface area contributed by atoms with Crippen molar-refractivity contribution in [3.8, 4) is 0 Å². The first-order chi connectivity index (χ1) is 6.81. The number of hydrogen-bond acceptors (Lipinski definition) is 3. The lowest BCUT2D eigenvalue weighted by Gasteiger charge is -2.27. The van der Waals surface area contributed by atoms with Crippen LogP contribution in [0.2, 0.25) is 5.02 Å². The normalized spacial score (nSPS) is 34.7. The number of piperidine rings is 1. The van der Waals surface area contributed by atoms with E-state index >= 15 is 0 Å². The van der Waals surface area contributed by atoms with Crippen LogP contribution in [0.1, 0.15) is 12.8 Å². The van der Waals surface area contributed by atoms with Crippen LogP contribution in [0, 0.1) is 5.92 Å². The van der Waals surface area contributed by atoms with E-state index in [-0.39, 0.29) is 0 Å². The molecule has 1 aliphatic heterocycles. The van der Waals surface area contributed by atoms with Crippen molar-refractivity contribution in [2.24, 2.45) is 11.7 Å². The van der Waals surface area contributed by atoms with Crippen molar-refractivity contribution < 1.29 is 4.42 Å². The van der Waals surface area contributed by atoms with Crippen LogP contribution in [-0.2, 0) is 0 Å². The van der Waals surface area contributed by atoms with Gasteiger partial charge in [0.25, 0.3) is 0 Å². The Balaban J connectivity index is 1.93. The summed E-state index contributed by atoms with van der Waals surface area (Å²) in [4.78, 5) is 2.34. The average molecular weight is 213 g/mol. The molecule has 0 radical (unpaired) electrons. The molecule has 76 valence electrons. The Morgan fingerprint density at radius 2 is 2.36 bits per heavy atom. The van der Waals surface area contributed by atoms with Gasteiger partial charge in [0.15, 0.2) is 0 Å². The SMILES string of the molecule is NCC1CC2CC2N1c1cocc1Cl. The van der Waals surface area contributed by atoms with Crippen LogP contribution in [0.15, 0.2) is 16.9 Å². The third-order valence-corrected chi connectivity index (χ3v) is 3.64. The molecule has 2 fully saturated rings. The number of hydrogen-bond donors (Lipinski definition) is 1. The Labute approximate surface area is 87.8 Å². The standard InChI is InChI=1S/C10H13ClN2O/c11-8-4-14-5-10(8)13-7(3-12)1-6-2-9(6)13/h4-7,9H,1-3,12H2. The highest BCUT2D eigenvalue weighted by Gasteiger charge is 2.52. The van der Waals surface area contributed by atoms with Crippen LogP contribution in [-0.4, -0.2) is 18.6 Å². The molecule has 3 nitrogen and oxygen atoms in total. The lowest BCUT2D eigenvalue weighted by atomic mass is 10.1. The summed E-state index contributed by atoms with van der Waals surface area (Å²) in [5.41, 5.74) is 6.77. The molecule has 4 heteroatoms. The van der Waals surface area contributed by atoms with Gasteiger partial charge in [0.05, 0.1) is 5.69 Å². The minimum atomic E-state index is 0.453. The van der Waals surface area contributed by atoms with E-state index in [2.05, 4.69) is 4.90 Å². The van der Waals surface area contributed by atoms with Crippen molar-refractivity contribution in [3.05, 3.63) is 17.5 Å². The first kappa shape index (κ1) is 8.62. The van der Waals surface area contributed by atoms with Gasteiger partial charge >= 0.3 is 0 Å². The maximum absolute atomic E-state index is 6.05. The summed E-state index contributed by atoms with van der Waals surface area (Å²) in [6.45, 7) is 0.703. The zero-order chi connectivity index (χ0) is 9.71. The lowest BCUT2D eigenvalue weighted by Crippen LogP contribution is -2.38. The number of anilines is 1. The third kappa shape index (κ3) is 1.09. The van der Waals surface area contributed by atoms with Crippen molar-refractivity contribution >= 4 is 17.3 Å². The highest BCUT2D eigenvalue weighted by Crippen LogP contribution is 2.50. The molecule has 1 saturated heterocycles. The van der Waals surface area contributed by atoms with Gasteiger partial charge in [0, 0.05) is 18.6 Å². The number of nitrogens with zero attached hydrogens (tertiary/aromatic N) is 1. The minimum Gasteiger partial charge on any atom is -0.469 e.